The van der Waals surface area contributed by atoms with Gasteiger partial charge in [0.1, 0.15) is 10.6 Å². The van der Waals surface area contributed by atoms with E-state index in [2.05, 4.69) is 4.99 Å². The van der Waals surface area contributed by atoms with E-state index in [1.807, 2.05) is 6.26 Å². The Kier molecular flexibility index (Phi) is 2.12. The predicted octanol–water partition coefficient (Wildman–Crippen LogP) is 0.375. The fourth-order valence-electron chi connectivity index (χ4n) is 1.32. The highest BCUT2D eigenvalue weighted by Gasteiger charge is 2.45. The zero-order valence-corrected chi connectivity index (χ0v) is 9.25. The molecule has 0 aromatic heterocycles. The van der Waals surface area contributed by atoms with Crippen molar-refractivity contribution in [3.05, 3.63) is 10.3 Å². The van der Waals surface area contributed by atoms with Gasteiger partial charge in [0.05, 0.1) is 0 Å². The lowest BCUT2D eigenvalue weighted by Crippen LogP contribution is -2.19. The van der Waals surface area contributed by atoms with Crippen molar-refractivity contribution in [3.8, 4) is 0 Å². The molecule has 72 valence electrons. The summed E-state index contributed by atoms with van der Waals surface area (Å²) < 4.78 is 22.5. The van der Waals surface area contributed by atoms with E-state index >= 15 is 0 Å². The van der Waals surface area contributed by atoms with Crippen molar-refractivity contribution in [2.24, 2.45) is 10.7 Å². The maximum absolute atomic E-state index is 11.5. The first-order valence-corrected chi connectivity index (χ1v) is 7.25. The molecule has 0 bridgehead atoms. The van der Waals surface area contributed by atoms with Crippen LogP contribution in [0.25, 0.3) is 0 Å². The van der Waals surface area contributed by atoms with Gasteiger partial charge >= 0.3 is 0 Å². The van der Waals surface area contributed by atoms with Crippen LogP contribution in [-0.2, 0) is 9.84 Å². The lowest BCUT2D eigenvalue weighted by Gasteiger charge is -2.06. The average Bonchev–Trinajstić information content (AvgIpc) is 2.51. The number of fused-ring (bicyclic) bond motifs is 1. The van der Waals surface area contributed by atoms with Gasteiger partial charge < -0.3 is 5.73 Å². The molecule has 2 aliphatic rings. The molecule has 0 fully saturated rings. The highest BCUT2D eigenvalue weighted by atomic mass is 32.3. The van der Waals surface area contributed by atoms with E-state index in [0.717, 1.165) is 16.7 Å². The second-order valence-corrected chi connectivity index (χ2v) is 6.97. The third-order valence-corrected chi connectivity index (χ3v) is 6.29. The molecule has 0 radical (unpaired) electrons. The third kappa shape index (κ3) is 1.38. The van der Waals surface area contributed by atoms with Crippen LogP contribution in [0.3, 0.4) is 0 Å². The Hall–Kier alpha value is -0.140. The van der Waals surface area contributed by atoms with Gasteiger partial charge in [0.15, 0.2) is 15.0 Å². The Morgan fingerprint density at radius 3 is 3.00 bits per heavy atom. The summed E-state index contributed by atoms with van der Waals surface area (Å²) in [6, 6.07) is -0.259. The van der Waals surface area contributed by atoms with Gasteiger partial charge in [-0.1, -0.05) is 11.8 Å². The number of rotatable bonds is 1. The number of amidine groups is 1. The summed E-state index contributed by atoms with van der Waals surface area (Å²) in [4.78, 5) is 4.88. The Bertz CT molecular complexity index is 398. The molecular weight excluding hydrogens is 228 g/mol. The largest absolute Gasteiger partial charge is 0.378 e. The zero-order chi connectivity index (χ0) is 9.64. The quantitative estimate of drug-likeness (QED) is 0.712. The molecule has 0 spiro atoms. The van der Waals surface area contributed by atoms with E-state index in [0.29, 0.717) is 5.17 Å². The van der Waals surface area contributed by atoms with Crippen LogP contribution in [0.4, 0.5) is 0 Å². The molecule has 0 aromatic carbocycles. The SMILES string of the molecule is CSC1=CS(=O)(=O)[C@H]2SC(N)=N[C@@H]12. The maximum atomic E-state index is 11.5. The zero-order valence-electron chi connectivity index (χ0n) is 6.80. The van der Waals surface area contributed by atoms with Gasteiger partial charge in [0.2, 0.25) is 0 Å². The lowest BCUT2D eigenvalue weighted by atomic mass is 10.3. The molecule has 2 atom stereocenters. The summed E-state index contributed by atoms with van der Waals surface area (Å²) in [6.07, 6.45) is 1.85. The van der Waals surface area contributed by atoms with Crippen LogP contribution in [0.15, 0.2) is 15.3 Å². The van der Waals surface area contributed by atoms with Crippen LogP contribution in [0.2, 0.25) is 0 Å². The highest BCUT2D eigenvalue weighted by Crippen LogP contribution is 2.42. The molecule has 2 aliphatic heterocycles. The minimum atomic E-state index is -3.13. The van der Waals surface area contributed by atoms with Crippen LogP contribution in [0.5, 0.6) is 0 Å². The molecule has 0 saturated heterocycles. The van der Waals surface area contributed by atoms with E-state index in [1.54, 1.807) is 0 Å². The van der Waals surface area contributed by atoms with Gasteiger partial charge in [0.25, 0.3) is 0 Å². The monoisotopic (exact) mass is 236 g/mol. The number of nitrogens with two attached hydrogens (primary N) is 1. The second kappa shape index (κ2) is 2.93. The molecule has 2 N–H and O–H groups in total. The summed E-state index contributed by atoms with van der Waals surface area (Å²) in [5.74, 6) is 0. The van der Waals surface area contributed by atoms with Crippen molar-refractivity contribution in [1.29, 1.82) is 0 Å². The van der Waals surface area contributed by atoms with Crippen molar-refractivity contribution in [2.75, 3.05) is 6.26 Å². The molecule has 0 aromatic rings. The Morgan fingerprint density at radius 1 is 1.69 bits per heavy atom. The number of thioether (sulfide) groups is 2. The molecule has 2 rings (SSSR count). The average molecular weight is 236 g/mol. The van der Waals surface area contributed by atoms with Gasteiger partial charge in [-0.15, -0.1) is 11.8 Å². The minimum absolute atomic E-state index is 0.259. The number of hydrogen-bond donors (Lipinski definition) is 1. The number of nitrogens with zero attached hydrogens (tertiary/aromatic N) is 1. The Labute approximate surface area is 85.0 Å². The molecule has 2 heterocycles. The molecule has 13 heavy (non-hydrogen) atoms. The van der Waals surface area contributed by atoms with Gasteiger partial charge in [-0.3, -0.25) is 4.99 Å². The Morgan fingerprint density at radius 2 is 2.38 bits per heavy atom. The first-order valence-electron chi connectivity index (χ1n) is 3.54. The topological polar surface area (TPSA) is 72.5 Å². The first kappa shape index (κ1) is 9.42. The summed E-state index contributed by atoms with van der Waals surface area (Å²) in [6.45, 7) is 0. The fraction of sp³-hybridized carbons (Fsp3) is 0.500. The van der Waals surface area contributed by atoms with Crippen molar-refractivity contribution in [3.63, 3.8) is 0 Å². The fourth-order valence-corrected chi connectivity index (χ4v) is 5.63. The molecule has 0 saturated carbocycles. The number of sulfone groups is 1. The van der Waals surface area contributed by atoms with Crippen LogP contribution in [0.1, 0.15) is 0 Å². The molecular formula is C6H8N2O2S3. The molecule has 0 unspecified atom stereocenters. The smallest absolute Gasteiger partial charge is 0.187 e. The second-order valence-electron chi connectivity index (χ2n) is 2.71. The Balaban J connectivity index is 2.44. The standard InChI is InChI=1S/C6H8N2O2S3/c1-11-3-2-13(9,10)5-4(3)8-6(7)12-5/h2,4-5H,1H3,(H2,7,8)/t4-,5+/m0/s1. The lowest BCUT2D eigenvalue weighted by molar-refractivity contribution is 0.602. The predicted molar refractivity (Wildman–Crippen MR) is 57.3 cm³/mol. The van der Waals surface area contributed by atoms with E-state index in [-0.39, 0.29) is 6.04 Å². The van der Waals surface area contributed by atoms with Crippen LogP contribution >= 0.6 is 23.5 Å². The molecule has 0 aliphatic carbocycles. The van der Waals surface area contributed by atoms with Crippen molar-refractivity contribution in [2.45, 2.75) is 10.6 Å². The number of hydrogen-bond acceptors (Lipinski definition) is 6. The summed E-state index contributed by atoms with van der Waals surface area (Å²) >= 11 is 2.56. The van der Waals surface area contributed by atoms with Gasteiger partial charge in [-0.05, 0) is 6.26 Å². The van der Waals surface area contributed by atoms with E-state index < -0.39 is 14.4 Å². The normalized spacial score (nSPS) is 35.5. The summed E-state index contributed by atoms with van der Waals surface area (Å²) in [5, 5.41) is 1.69. The molecule has 7 heteroatoms. The molecule has 4 nitrogen and oxygen atoms in total. The van der Waals surface area contributed by atoms with Crippen LogP contribution < -0.4 is 5.73 Å². The maximum Gasteiger partial charge on any atom is 0.187 e. The van der Waals surface area contributed by atoms with Crippen LogP contribution in [-0.4, -0.2) is 30.5 Å². The van der Waals surface area contributed by atoms with Crippen molar-refractivity contribution < 1.29 is 8.42 Å². The highest BCUT2D eigenvalue weighted by molar-refractivity contribution is 8.24. The molecule has 0 amide bonds. The minimum Gasteiger partial charge on any atom is -0.378 e. The van der Waals surface area contributed by atoms with Crippen molar-refractivity contribution in [1.82, 2.24) is 0 Å². The van der Waals surface area contributed by atoms with Crippen molar-refractivity contribution >= 4 is 38.5 Å². The number of aliphatic imine (C=N–C) groups is 1. The van der Waals surface area contributed by atoms with Gasteiger partial charge in [0, 0.05) is 10.3 Å². The van der Waals surface area contributed by atoms with E-state index in [9.17, 15) is 8.42 Å². The van der Waals surface area contributed by atoms with Crippen LogP contribution in [0, 0.1) is 0 Å². The van der Waals surface area contributed by atoms with Gasteiger partial charge in [-0.2, -0.15) is 0 Å². The first-order chi connectivity index (χ1) is 6.04. The summed E-state index contributed by atoms with van der Waals surface area (Å²) in [5.41, 5.74) is 5.48. The van der Waals surface area contributed by atoms with Gasteiger partial charge in [-0.25, -0.2) is 8.42 Å². The van der Waals surface area contributed by atoms with E-state index in [4.69, 9.17) is 5.73 Å². The third-order valence-electron chi connectivity index (χ3n) is 1.89. The summed E-state index contributed by atoms with van der Waals surface area (Å²) in [7, 11) is -3.13. The van der Waals surface area contributed by atoms with E-state index in [1.165, 1.54) is 17.2 Å².